The number of benzene rings is 1. The van der Waals surface area contributed by atoms with Crippen LogP contribution < -0.4 is 11.3 Å². The van der Waals surface area contributed by atoms with Crippen molar-refractivity contribution in [2.45, 2.75) is 4.90 Å². The van der Waals surface area contributed by atoms with Gasteiger partial charge in [-0.25, -0.2) is 5.84 Å². The number of nitrogen functional groups attached to an aromatic ring is 1. The van der Waals surface area contributed by atoms with E-state index in [-0.39, 0.29) is 5.75 Å². The molecule has 1 amide bonds. The van der Waals surface area contributed by atoms with Gasteiger partial charge in [-0.15, -0.1) is 11.8 Å². The summed E-state index contributed by atoms with van der Waals surface area (Å²) in [6, 6.07) is 6.69. The molecule has 0 radical (unpaired) electrons. The highest BCUT2D eigenvalue weighted by Crippen LogP contribution is 2.22. The number of nitrogens with one attached hydrogen (secondary N) is 1. The Hall–Kier alpha value is -1.53. The fraction of sp³-hybridized carbons (Fsp3) is 0.111. The lowest BCUT2D eigenvalue weighted by atomic mass is 10.2. The van der Waals surface area contributed by atoms with E-state index in [1.165, 1.54) is 0 Å². The zero-order chi connectivity index (χ0) is 11.3. The maximum Gasteiger partial charge on any atom is 0.313 e. The smallest absolute Gasteiger partial charge is 0.313 e. The lowest BCUT2D eigenvalue weighted by molar-refractivity contribution is -0.133. The first kappa shape index (κ1) is 11.5. The summed E-state index contributed by atoms with van der Waals surface area (Å²) in [4.78, 5) is 22.3. The van der Waals surface area contributed by atoms with Crippen LogP contribution in [-0.2, 0) is 4.79 Å². The van der Waals surface area contributed by atoms with Crippen molar-refractivity contribution in [3.05, 3.63) is 29.8 Å². The largest absolute Gasteiger partial charge is 0.481 e. The van der Waals surface area contributed by atoms with Crippen LogP contribution in [0.25, 0.3) is 0 Å². The van der Waals surface area contributed by atoms with Gasteiger partial charge in [0.15, 0.2) is 0 Å². The highest BCUT2D eigenvalue weighted by atomic mass is 32.2. The van der Waals surface area contributed by atoms with Gasteiger partial charge in [0.25, 0.3) is 5.91 Å². The molecular weight excluding hydrogens is 216 g/mol. The van der Waals surface area contributed by atoms with E-state index < -0.39 is 11.9 Å². The van der Waals surface area contributed by atoms with Gasteiger partial charge in [-0.1, -0.05) is 12.1 Å². The number of carbonyl (C=O) groups excluding carboxylic acids is 1. The SMILES string of the molecule is NNC(=O)c1ccccc1SCC(=O)O. The average Bonchev–Trinajstić information content (AvgIpc) is 2.25. The van der Waals surface area contributed by atoms with Crippen LogP contribution in [0.15, 0.2) is 29.2 Å². The van der Waals surface area contributed by atoms with E-state index in [9.17, 15) is 9.59 Å². The summed E-state index contributed by atoms with van der Waals surface area (Å²) in [5, 5.41) is 8.52. The zero-order valence-corrected chi connectivity index (χ0v) is 8.58. The van der Waals surface area contributed by atoms with Crippen molar-refractivity contribution in [3.8, 4) is 0 Å². The predicted octanol–water partition coefficient (Wildman–Crippen LogP) is 0.467. The third-order valence-electron chi connectivity index (χ3n) is 1.61. The van der Waals surface area contributed by atoms with Crippen LogP contribution in [-0.4, -0.2) is 22.7 Å². The second-order valence-electron chi connectivity index (χ2n) is 2.65. The first-order valence-electron chi connectivity index (χ1n) is 4.09. The summed E-state index contributed by atoms with van der Waals surface area (Å²) in [6.07, 6.45) is 0. The van der Waals surface area contributed by atoms with Gasteiger partial charge < -0.3 is 5.11 Å². The van der Waals surface area contributed by atoms with E-state index in [0.717, 1.165) is 11.8 Å². The van der Waals surface area contributed by atoms with E-state index in [0.29, 0.717) is 10.5 Å². The third kappa shape index (κ3) is 3.26. The fourth-order valence-corrected chi connectivity index (χ4v) is 1.77. The van der Waals surface area contributed by atoms with E-state index in [2.05, 4.69) is 0 Å². The molecule has 80 valence electrons. The van der Waals surface area contributed by atoms with Crippen molar-refractivity contribution >= 4 is 23.6 Å². The van der Waals surface area contributed by atoms with E-state index in [1.54, 1.807) is 24.3 Å². The molecule has 0 fully saturated rings. The number of thioether (sulfide) groups is 1. The molecule has 0 bridgehead atoms. The van der Waals surface area contributed by atoms with Gasteiger partial charge in [0.1, 0.15) is 0 Å². The fourth-order valence-electron chi connectivity index (χ4n) is 0.997. The van der Waals surface area contributed by atoms with Crippen molar-refractivity contribution in [2.24, 2.45) is 5.84 Å². The number of amides is 1. The van der Waals surface area contributed by atoms with Crippen LogP contribution in [0.5, 0.6) is 0 Å². The molecule has 0 spiro atoms. The normalized spacial score (nSPS) is 9.67. The minimum atomic E-state index is -0.928. The Morgan fingerprint density at radius 2 is 2.07 bits per heavy atom. The molecule has 1 aromatic rings. The van der Waals surface area contributed by atoms with Crippen LogP contribution in [0.2, 0.25) is 0 Å². The molecular formula is C9H10N2O3S. The first-order chi connectivity index (χ1) is 7.15. The second-order valence-corrected chi connectivity index (χ2v) is 3.67. The number of rotatable bonds is 4. The Bertz CT molecular complexity index is 381. The van der Waals surface area contributed by atoms with Crippen molar-refractivity contribution in [2.75, 3.05) is 5.75 Å². The minimum Gasteiger partial charge on any atom is -0.481 e. The summed E-state index contributed by atoms with van der Waals surface area (Å²) in [5.74, 6) is 3.56. The molecule has 0 saturated heterocycles. The number of hydrogen-bond acceptors (Lipinski definition) is 4. The number of carboxylic acid groups (broad SMARTS) is 1. The van der Waals surface area contributed by atoms with Crippen LogP contribution >= 0.6 is 11.8 Å². The Kier molecular flexibility index (Phi) is 4.14. The molecule has 0 atom stereocenters. The van der Waals surface area contributed by atoms with Gasteiger partial charge in [-0.3, -0.25) is 15.0 Å². The van der Waals surface area contributed by atoms with Crippen LogP contribution in [0.3, 0.4) is 0 Å². The number of aliphatic carboxylic acids is 1. The van der Waals surface area contributed by atoms with Crippen LogP contribution in [0.1, 0.15) is 10.4 Å². The van der Waals surface area contributed by atoms with E-state index >= 15 is 0 Å². The van der Waals surface area contributed by atoms with Crippen molar-refractivity contribution in [1.29, 1.82) is 0 Å². The van der Waals surface area contributed by atoms with Crippen molar-refractivity contribution < 1.29 is 14.7 Å². The Morgan fingerprint density at radius 3 is 2.67 bits per heavy atom. The lowest BCUT2D eigenvalue weighted by Gasteiger charge is -2.05. The summed E-state index contributed by atoms with van der Waals surface area (Å²) >= 11 is 1.08. The summed E-state index contributed by atoms with van der Waals surface area (Å²) < 4.78 is 0. The zero-order valence-electron chi connectivity index (χ0n) is 7.77. The molecule has 1 aromatic carbocycles. The van der Waals surface area contributed by atoms with E-state index in [4.69, 9.17) is 10.9 Å². The predicted molar refractivity (Wildman–Crippen MR) is 56.5 cm³/mol. The Morgan fingerprint density at radius 1 is 1.40 bits per heavy atom. The maximum atomic E-state index is 11.3. The molecule has 0 heterocycles. The first-order valence-corrected chi connectivity index (χ1v) is 5.08. The number of carboxylic acids is 1. The van der Waals surface area contributed by atoms with Gasteiger partial charge in [0, 0.05) is 4.90 Å². The lowest BCUT2D eigenvalue weighted by Crippen LogP contribution is -2.30. The molecule has 0 aliphatic rings. The monoisotopic (exact) mass is 226 g/mol. The van der Waals surface area contributed by atoms with Crippen LogP contribution in [0.4, 0.5) is 0 Å². The molecule has 15 heavy (non-hydrogen) atoms. The number of hydrazine groups is 1. The quantitative estimate of drug-likeness (QED) is 0.300. The summed E-state index contributed by atoms with van der Waals surface area (Å²) in [6.45, 7) is 0. The van der Waals surface area contributed by atoms with E-state index in [1.807, 2.05) is 5.43 Å². The molecule has 0 aliphatic heterocycles. The molecule has 0 aliphatic carbocycles. The summed E-state index contributed by atoms with van der Waals surface area (Å²) in [5.41, 5.74) is 2.39. The molecule has 4 N–H and O–H groups in total. The van der Waals surface area contributed by atoms with Gasteiger partial charge in [0.2, 0.25) is 0 Å². The highest BCUT2D eigenvalue weighted by Gasteiger charge is 2.10. The number of nitrogens with two attached hydrogens (primary N) is 1. The molecule has 0 aromatic heterocycles. The molecule has 1 rings (SSSR count). The highest BCUT2D eigenvalue weighted by molar-refractivity contribution is 8.00. The van der Waals surface area contributed by atoms with Crippen LogP contribution in [0, 0.1) is 0 Å². The average molecular weight is 226 g/mol. The Balaban J connectivity index is 2.86. The second kappa shape index (κ2) is 5.38. The topological polar surface area (TPSA) is 92.4 Å². The molecule has 6 heteroatoms. The minimum absolute atomic E-state index is 0.0884. The van der Waals surface area contributed by atoms with Crippen molar-refractivity contribution in [1.82, 2.24) is 5.43 Å². The standard InChI is InChI=1S/C9H10N2O3S/c10-11-9(14)6-3-1-2-4-7(6)15-5-8(12)13/h1-4H,5,10H2,(H,11,14)(H,12,13). The van der Waals surface area contributed by atoms with Gasteiger partial charge in [-0.05, 0) is 12.1 Å². The number of carbonyl (C=O) groups is 2. The molecule has 0 unspecified atom stereocenters. The van der Waals surface area contributed by atoms with Gasteiger partial charge >= 0.3 is 5.97 Å². The van der Waals surface area contributed by atoms with Gasteiger partial charge in [0.05, 0.1) is 11.3 Å². The maximum absolute atomic E-state index is 11.3. The molecule has 5 nitrogen and oxygen atoms in total. The summed E-state index contributed by atoms with van der Waals surface area (Å²) in [7, 11) is 0. The number of hydrogen-bond donors (Lipinski definition) is 3. The molecule has 0 saturated carbocycles. The Labute approximate surface area is 90.6 Å². The third-order valence-corrected chi connectivity index (χ3v) is 2.67. The van der Waals surface area contributed by atoms with Crippen molar-refractivity contribution in [3.63, 3.8) is 0 Å². The van der Waals surface area contributed by atoms with Gasteiger partial charge in [-0.2, -0.15) is 0 Å².